The minimum atomic E-state index is -3.22. The van der Waals surface area contributed by atoms with Crippen molar-refractivity contribution in [1.29, 1.82) is 0 Å². The van der Waals surface area contributed by atoms with Crippen molar-refractivity contribution in [1.82, 2.24) is 5.32 Å². The fourth-order valence-electron chi connectivity index (χ4n) is 2.82. The monoisotopic (exact) mass is 381 g/mol. The summed E-state index contributed by atoms with van der Waals surface area (Å²) in [6.07, 6.45) is 2.19. The Balaban J connectivity index is 1.82. The largest absolute Gasteiger partial charge is 0.347 e. The van der Waals surface area contributed by atoms with Crippen molar-refractivity contribution >= 4 is 38.8 Å². The van der Waals surface area contributed by atoms with Crippen LogP contribution in [0.15, 0.2) is 41.8 Å². The van der Waals surface area contributed by atoms with E-state index >= 15 is 0 Å². The van der Waals surface area contributed by atoms with Crippen LogP contribution in [0.4, 0.5) is 0 Å². The zero-order chi connectivity index (χ0) is 17.2. The van der Waals surface area contributed by atoms with Crippen LogP contribution in [0.25, 0.3) is 0 Å². The Labute approximate surface area is 150 Å². The molecular weight excluding hydrogens is 362 g/mol. The number of hydrogen-bond donors (Lipinski definition) is 1. The van der Waals surface area contributed by atoms with Crippen molar-refractivity contribution < 1.29 is 13.2 Å². The maximum Gasteiger partial charge on any atom is 0.238 e. The Kier molecular flexibility index (Phi) is 5.32. The van der Waals surface area contributed by atoms with Gasteiger partial charge in [-0.15, -0.1) is 23.1 Å². The van der Waals surface area contributed by atoms with E-state index < -0.39 is 15.9 Å². The highest BCUT2D eigenvalue weighted by atomic mass is 32.2. The summed E-state index contributed by atoms with van der Waals surface area (Å²) in [5.74, 6) is 0.696. The van der Waals surface area contributed by atoms with Crippen LogP contribution in [0.3, 0.4) is 0 Å². The summed E-state index contributed by atoms with van der Waals surface area (Å²) in [5.41, 5.74) is 1.88. The molecule has 2 heterocycles. The van der Waals surface area contributed by atoms with Gasteiger partial charge in [0.05, 0.1) is 11.8 Å². The van der Waals surface area contributed by atoms with Crippen molar-refractivity contribution in [3.63, 3.8) is 0 Å². The van der Waals surface area contributed by atoms with Crippen LogP contribution in [-0.4, -0.2) is 32.1 Å². The van der Waals surface area contributed by atoms with E-state index in [0.29, 0.717) is 0 Å². The first-order valence-electron chi connectivity index (χ1n) is 7.65. The van der Waals surface area contributed by atoms with Gasteiger partial charge in [-0.3, -0.25) is 4.79 Å². The van der Waals surface area contributed by atoms with Crippen molar-refractivity contribution in [2.75, 3.05) is 17.8 Å². The molecule has 4 nitrogen and oxygen atoms in total. The normalized spacial score (nSPS) is 18.6. The van der Waals surface area contributed by atoms with Gasteiger partial charge in [-0.05, 0) is 34.7 Å². The van der Waals surface area contributed by atoms with Crippen molar-refractivity contribution in [2.45, 2.75) is 17.7 Å². The molecule has 2 unspecified atom stereocenters. The van der Waals surface area contributed by atoms with Gasteiger partial charge in [0.15, 0.2) is 0 Å². The minimum absolute atomic E-state index is 0.101. The third-order valence-corrected chi connectivity index (χ3v) is 7.08. The summed E-state index contributed by atoms with van der Waals surface area (Å²) in [5, 5.41) is 4.71. The molecule has 0 radical (unpaired) electrons. The predicted molar refractivity (Wildman–Crippen MR) is 100 cm³/mol. The number of nitrogens with one attached hydrogen (secondary N) is 1. The number of thioether (sulfide) groups is 1. The van der Waals surface area contributed by atoms with Gasteiger partial charge >= 0.3 is 0 Å². The molecule has 3 rings (SSSR count). The molecular formula is C17H19NO3S3. The van der Waals surface area contributed by atoms with Gasteiger partial charge in [-0.1, -0.05) is 30.3 Å². The quantitative estimate of drug-likeness (QED) is 0.865. The van der Waals surface area contributed by atoms with E-state index in [1.165, 1.54) is 11.1 Å². The predicted octanol–water partition coefficient (Wildman–Crippen LogP) is 2.98. The highest BCUT2D eigenvalue weighted by Crippen LogP contribution is 2.39. The van der Waals surface area contributed by atoms with Gasteiger partial charge in [-0.2, -0.15) is 0 Å². The number of rotatable bonds is 5. The topological polar surface area (TPSA) is 63.2 Å². The molecule has 0 aliphatic carbocycles. The van der Waals surface area contributed by atoms with E-state index in [9.17, 15) is 13.2 Å². The number of amides is 1. The molecule has 1 aliphatic rings. The van der Waals surface area contributed by atoms with Gasteiger partial charge in [0.2, 0.25) is 5.91 Å². The molecule has 1 aliphatic heterocycles. The first-order chi connectivity index (χ1) is 11.4. The lowest BCUT2D eigenvalue weighted by atomic mass is 10.1. The zero-order valence-electron chi connectivity index (χ0n) is 13.3. The van der Waals surface area contributed by atoms with Crippen LogP contribution in [0.5, 0.6) is 0 Å². The van der Waals surface area contributed by atoms with E-state index in [1.54, 1.807) is 23.1 Å². The molecule has 0 spiro atoms. The van der Waals surface area contributed by atoms with Crippen molar-refractivity contribution in [3.8, 4) is 0 Å². The average molecular weight is 382 g/mol. The molecule has 2 atom stereocenters. The summed E-state index contributed by atoms with van der Waals surface area (Å²) in [4.78, 5) is 14.1. The summed E-state index contributed by atoms with van der Waals surface area (Å²) in [6.45, 7) is 0. The Morgan fingerprint density at radius 3 is 2.75 bits per heavy atom. The van der Waals surface area contributed by atoms with Gasteiger partial charge in [0, 0.05) is 11.1 Å². The molecule has 2 aromatic rings. The molecule has 1 amide bonds. The van der Waals surface area contributed by atoms with Gasteiger partial charge in [0.1, 0.15) is 15.1 Å². The molecule has 1 N–H and O–H groups in total. The summed E-state index contributed by atoms with van der Waals surface area (Å²) in [7, 11) is -3.22. The summed E-state index contributed by atoms with van der Waals surface area (Å²) >= 11 is 3.30. The fourth-order valence-corrected chi connectivity index (χ4v) is 6.00. The van der Waals surface area contributed by atoms with E-state index in [1.807, 2.05) is 41.8 Å². The Bertz CT molecular complexity index is 815. The summed E-state index contributed by atoms with van der Waals surface area (Å²) in [6, 6.07) is 10.7. The molecule has 24 heavy (non-hydrogen) atoms. The maximum absolute atomic E-state index is 12.8. The first-order valence-corrected chi connectivity index (χ1v) is 11.6. The van der Waals surface area contributed by atoms with Crippen LogP contribution < -0.4 is 5.32 Å². The average Bonchev–Trinajstić information content (AvgIpc) is 3.02. The number of carbonyl (C=O) groups excluding carboxylic acids is 1. The third-order valence-electron chi connectivity index (χ3n) is 3.90. The lowest BCUT2D eigenvalue weighted by Crippen LogP contribution is -2.36. The Morgan fingerprint density at radius 2 is 2.04 bits per heavy atom. The highest BCUT2D eigenvalue weighted by molar-refractivity contribution is 8.00. The molecule has 7 heteroatoms. The van der Waals surface area contributed by atoms with Crippen molar-refractivity contribution in [2.24, 2.45) is 0 Å². The second kappa shape index (κ2) is 7.29. The van der Waals surface area contributed by atoms with Gasteiger partial charge in [0.25, 0.3) is 0 Å². The van der Waals surface area contributed by atoms with Crippen LogP contribution in [0.1, 0.15) is 27.3 Å². The van der Waals surface area contributed by atoms with Crippen LogP contribution >= 0.6 is 23.1 Å². The number of thiophene rings is 1. The van der Waals surface area contributed by atoms with Gasteiger partial charge in [-0.25, -0.2) is 8.42 Å². The number of aryl methyl sites for hydroxylation is 1. The molecule has 0 fully saturated rings. The maximum atomic E-state index is 12.8. The van der Waals surface area contributed by atoms with Crippen LogP contribution in [-0.2, 0) is 21.1 Å². The van der Waals surface area contributed by atoms with Crippen LogP contribution in [0.2, 0.25) is 0 Å². The molecule has 128 valence electrons. The standard InChI is InChI=1S/C17H19NO3S3/c1-24(20,21)11-14(12-5-3-2-4-6-12)18-17(19)16-13-7-9-22-15(13)8-10-23-16/h2-7,9,14,16H,8,10-11H2,1H3,(H,18,19). The summed E-state index contributed by atoms with van der Waals surface area (Å²) < 4.78 is 23.5. The fraction of sp³-hybridized carbons (Fsp3) is 0.353. The lowest BCUT2D eigenvalue weighted by Gasteiger charge is -2.25. The number of benzene rings is 1. The van der Waals surface area contributed by atoms with Gasteiger partial charge < -0.3 is 5.32 Å². The van der Waals surface area contributed by atoms with Crippen molar-refractivity contribution in [3.05, 3.63) is 57.8 Å². The third kappa shape index (κ3) is 4.20. The SMILES string of the molecule is CS(=O)(=O)CC(NC(=O)C1SCCc2sccc21)c1ccccc1. The minimum Gasteiger partial charge on any atom is -0.347 e. The van der Waals surface area contributed by atoms with E-state index in [0.717, 1.165) is 23.3 Å². The molecule has 0 bridgehead atoms. The number of carbonyl (C=O) groups is 1. The molecule has 0 saturated heterocycles. The lowest BCUT2D eigenvalue weighted by molar-refractivity contribution is -0.121. The second-order valence-corrected chi connectivity index (χ2v) is 10.3. The first kappa shape index (κ1) is 17.5. The van der Waals surface area contributed by atoms with E-state index in [4.69, 9.17) is 0 Å². The number of hydrogen-bond acceptors (Lipinski definition) is 5. The highest BCUT2D eigenvalue weighted by Gasteiger charge is 2.30. The van der Waals surface area contributed by atoms with Crippen LogP contribution in [0, 0.1) is 0 Å². The molecule has 1 aromatic carbocycles. The second-order valence-electron chi connectivity index (χ2n) is 5.86. The Hall–Kier alpha value is -1.31. The molecule has 0 saturated carbocycles. The number of fused-ring (bicyclic) bond motifs is 1. The smallest absolute Gasteiger partial charge is 0.238 e. The zero-order valence-corrected chi connectivity index (χ0v) is 15.7. The van der Waals surface area contributed by atoms with E-state index in [-0.39, 0.29) is 16.9 Å². The molecule has 1 aromatic heterocycles. The van der Waals surface area contributed by atoms with E-state index in [2.05, 4.69) is 5.32 Å². The number of sulfone groups is 1. The Morgan fingerprint density at radius 1 is 1.29 bits per heavy atom.